The minimum absolute atomic E-state index is 0.0432. The molecule has 0 fully saturated rings. The van der Waals surface area contributed by atoms with Gasteiger partial charge in [-0.15, -0.1) is 0 Å². The van der Waals surface area contributed by atoms with E-state index in [2.05, 4.69) is 30.9 Å². The molecule has 2 aromatic heterocycles. The SMILES string of the molecule is CC(C)(C)c1nc2c(N)cccn2n1. The molecule has 14 heavy (non-hydrogen) atoms. The van der Waals surface area contributed by atoms with Gasteiger partial charge in [-0.1, -0.05) is 20.8 Å². The van der Waals surface area contributed by atoms with Gasteiger partial charge in [0.15, 0.2) is 11.5 Å². The second-order valence-electron chi connectivity index (χ2n) is 4.42. The van der Waals surface area contributed by atoms with Gasteiger partial charge in [0.2, 0.25) is 0 Å². The number of hydrogen-bond donors (Lipinski definition) is 1. The Morgan fingerprint density at radius 3 is 2.64 bits per heavy atom. The van der Waals surface area contributed by atoms with Crippen molar-refractivity contribution in [2.75, 3.05) is 5.73 Å². The Balaban J connectivity index is 2.69. The minimum atomic E-state index is -0.0432. The van der Waals surface area contributed by atoms with Crippen molar-refractivity contribution in [3.05, 3.63) is 24.2 Å². The molecule has 0 saturated heterocycles. The first kappa shape index (κ1) is 8.99. The summed E-state index contributed by atoms with van der Waals surface area (Å²) in [5.41, 5.74) is 7.14. The molecule has 2 N–H and O–H groups in total. The summed E-state index contributed by atoms with van der Waals surface area (Å²) in [5.74, 6) is 0.815. The molecule has 2 rings (SSSR count). The fourth-order valence-electron chi connectivity index (χ4n) is 1.24. The molecule has 74 valence electrons. The first-order chi connectivity index (χ1) is 6.48. The van der Waals surface area contributed by atoms with E-state index in [4.69, 9.17) is 5.73 Å². The van der Waals surface area contributed by atoms with Crippen LogP contribution in [-0.4, -0.2) is 14.6 Å². The van der Waals surface area contributed by atoms with Crippen LogP contribution in [0.1, 0.15) is 26.6 Å². The summed E-state index contributed by atoms with van der Waals surface area (Å²) >= 11 is 0. The highest BCUT2D eigenvalue weighted by atomic mass is 15.3. The third-order valence-electron chi connectivity index (χ3n) is 2.06. The number of nitrogen functional groups attached to an aromatic ring is 1. The first-order valence-corrected chi connectivity index (χ1v) is 4.60. The summed E-state index contributed by atoms with van der Waals surface area (Å²) in [5, 5.41) is 4.37. The fraction of sp³-hybridized carbons (Fsp3) is 0.400. The molecule has 0 aromatic carbocycles. The van der Waals surface area contributed by atoms with Crippen LogP contribution in [0, 0.1) is 0 Å². The van der Waals surface area contributed by atoms with Gasteiger partial charge in [0.25, 0.3) is 0 Å². The van der Waals surface area contributed by atoms with Crippen LogP contribution in [0.4, 0.5) is 5.69 Å². The van der Waals surface area contributed by atoms with Crippen molar-refractivity contribution in [2.45, 2.75) is 26.2 Å². The summed E-state index contributed by atoms with van der Waals surface area (Å²) in [6, 6.07) is 3.69. The van der Waals surface area contributed by atoms with Gasteiger partial charge in [0.1, 0.15) is 0 Å². The van der Waals surface area contributed by atoms with Crippen molar-refractivity contribution in [3.8, 4) is 0 Å². The predicted molar refractivity (Wildman–Crippen MR) is 56.1 cm³/mol. The van der Waals surface area contributed by atoms with E-state index in [9.17, 15) is 0 Å². The van der Waals surface area contributed by atoms with Crippen molar-refractivity contribution in [2.24, 2.45) is 0 Å². The number of hydrogen-bond acceptors (Lipinski definition) is 3. The lowest BCUT2D eigenvalue weighted by atomic mass is 9.96. The Bertz CT molecular complexity index is 464. The molecule has 0 aliphatic rings. The highest BCUT2D eigenvalue weighted by Crippen LogP contribution is 2.20. The van der Waals surface area contributed by atoms with Crippen LogP contribution in [0.15, 0.2) is 18.3 Å². The van der Waals surface area contributed by atoms with Crippen molar-refractivity contribution < 1.29 is 0 Å². The van der Waals surface area contributed by atoms with Crippen LogP contribution in [-0.2, 0) is 5.41 Å². The molecule has 0 bridgehead atoms. The fourth-order valence-corrected chi connectivity index (χ4v) is 1.24. The van der Waals surface area contributed by atoms with Crippen molar-refractivity contribution >= 4 is 11.3 Å². The summed E-state index contributed by atoms with van der Waals surface area (Å²) in [6.07, 6.45) is 1.86. The molecule has 0 aliphatic carbocycles. The quantitative estimate of drug-likeness (QED) is 0.686. The predicted octanol–water partition coefficient (Wildman–Crippen LogP) is 1.61. The lowest BCUT2D eigenvalue weighted by Gasteiger charge is -2.11. The Morgan fingerprint density at radius 2 is 2.07 bits per heavy atom. The number of anilines is 1. The van der Waals surface area contributed by atoms with Gasteiger partial charge in [-0.05, 0) is 12.1 Å². The van der Waals surface area contributed by atoms with E-state index in [1.165, 1.54) is 0 Å². The molecule has 0 unspecified atom stereocenters. The molecular formula is C10H14N4. The van der Waals surface area contributed by atoms with Crippen LogP contribution in [0.2, 0.25) is 0 Å². The van der Waals surface area contributed by atoms with E-state index in [1.807, 2.05) is 18.3 Å². The molecule has 0 radical (unpaired) electrons. The second kappa shape index (κ2) is 2.70. The molecule has 2 heterocycles. The van der Waals surface area contributed by atoms with Crippen molar-refractivity contribution in [1.29, 1.82) is 0 Å². The third-order valence-corrected chi connectivity index (χ3v) is 2.06. The number of rotatable bonds is 0. The van der Waals surface area contributed by atoms with Gasteiger partial charge in [-0.25, -0.2) is 9.50 Å². The van der Waals surface area contributed by atoms with E-state index >= 15 is 0 Å². The van der Waals surface area contributed by atoms with Crippen LogP contribution in [0.3, 0.4) is 0 Å². The Kier molecular flexibility index (Phi) is 1.74. The van der Waals surface area contributed by atoms with Gasteiger partial charge in [0, 0.05) is 11.6 Å². The monoisotopic (exact) mass is 190 g/mol. The second-order valence-corrected chi connectivity index (χ2v) is 4.42. The van der Waals surface area contributed by atoms with Gasteiger partial charge in [0.05, 0.1) is 5.69 Å². The number of fused-ring (bicyclic) bond motifs is 1. The number of nitrogens with zero attached hydrogens (tertiary/aromatic N) is 3. The maximum absolute atomic E-state index is 5.79. The molecule has 0 atom stereocenters. The lowest BCUT2D eigenvalue weighted by molar-refractivity contribution is 0.545. The number of nitrogens with two attached hydrogens (primary N) is 1. The maximum atomic E-state index is 5.79. The largest absolute Gasteiger partial charge is 0.396 e. The first-order valence-electron chi connectivity index (χ1n) is 4.60. The molecule has 0 saturated carbocycles. The van der Waals surface area contributed by atoms with E-state index in [1.54, 1.807) is 4.52 Å². The highest BCUT2D eigenvalue weighted by molar-refractivity contribution is 5.63. The van der Waals surface area contributed by atoms with Crippen LogP contribution < -0.4 is 5.73 Å². The molecule has 0 aliphatic heterocycles. The zero-order chi connectivity index (χ0) is 10.3. The Hall–Kier alpha value is -1.58. The van der Waals surface area contributed by atoms with E-state index in [0.29, 0.717) is 5.69 Å². The zero-order valence-corrected chi connectivity index (χ0v) is 8.65. The summed E-state index contributed by atoms with van der Waals surface area (Å²) < 4.78 is 1.72. The van der Waals surface area contributed by atoms with Crippen molar-refractivity contribution in [1.82, 2.24) is 14.6 Å². The molecule has 0 amide bonds. The molecule has 2 aromatic rings. The lowest BCUT2D eigenvalue weighted by Crippen LogP contribution is -2.13. The highest BCUT2D eigenvalue weighted by Gasteiger charge is 2.19. The standard InChI is InChI=1S/C10H14N4/c1-10(2,3)9-12-8-7(11)5-4-6-14(8)13-9/h4-6H,11H2,1-3H3. The Labute approximate surface area is 82.8 Å². The normalized spacial score (nSPS) is 12.2. The van der Waals surface area contributed by atoms with Gasteiger partial charge in [-0.2, -0.15) is 5.10 Å². The van der Waals surface area contributed by atoms with Crippen LogP contribution >= 0.6 is 0 Å². The van der Waals surface area contributed by atoms with Crippen LogP contribution in [0.25, 0.3) is 5.65 Å². The van der Waals surface area contributed by atoms with E-state index in [-0.39, 0.29) is 5.41 Å². The third kappa shape index (κ3) is 1.32. The average molecular weight is 190 g/mol. The molecule has 4 nitrogen and oxygen atoms in total. The van der Waals surface area contributed by atoms with Gasteiger partial charge >= 0.3 is 0 Å². The van der Waals surface area contributed by atoms with E-state index in [0.717, 1.165) is 11.5 Å². The number of aromatic nitrogens is 3. The van der Waals surface area contributed by atoms with Crippen LogP contribution in [0.5, 0.6) is 0 Å². The van der Waals surface area contributed by atoms with Gasteiger partial charge < -0.3 is 5.73 Å². The topological polar surface area (TPSA) is 56.2 Å². The minimum Gasteiger partial charge on any atom is -0.396 e. The van der Waals surface area contributed by atoms with Gasteiger partial charge in [-0.3, -0.25) is 0 Å². The summed E-state index contributed by atoms with van der Waals surface area (Å²) in [6.45, 7) is 6.24. The van der Waals surface area contributed by atoms with E-state index < -0.39 is 0 Å². The zero-order valence-electron chi connectivity index (χ0n) is 8.65. The summed E-state index contributed by atoms with van der Waals surface area (Å²) in [7, 11) is 0. The smallest absolute Gasteiger partial charge is 0.178 e. The Morgan fingerprint density at radius 1 is 1.36 bits per heavy atom. The number of pyridine rings is 1. The summed E-state index contributed by atoms with van der Waals surface area (Å²) in [4.78, 5) is 4.41. The average Bonchev–Trinajstić information content (AvgIpc) is 2.48. The molecule has 4 heteroatoms. The molecule has 0 spiro atoms. The molecular weight excluding hydrogens is 176 g/mol. The van der Waals surface area contributed by atoms with Crippen molar-refractivity contribution in [3.63, 3.8) is 0 Å². The maximum Gasteiger partial charge on any atom is 0.178 e.